The molecule has 0 fully saturated rings. The fourth-order valence-corrected chi connectivity index (χ4v) is 1.44. The third-order valence-electron chi connectivity index (χ3n) is 1.99. The minimum Gasteiger partial charge on any atom is -0.323 e. The van der Waals surface area contributed by atoms with Crippen LogP contribution in [-0.4, -0.2) is 11.7 Å². The Balaban J connectivity index is 2.71. The lowest BCUT2D eigenvalue weighted by atomic mass is 10.2. The average Bonchev–Trinajstić information content (AvgIpc) is 2.23. The molecule has 1 aromatic rings. The quantitative estimate of drug-likeness (QED) is 0.869. The Bertz CT molecular complexity index is 463. The zero-order valence-electron chi connectivity index (χ0n) is 9.02. The number of amides is 1. The summed E-state index contributed by atoms with van der Waals surface area (Å²) in [4.78, 5) is 21.9. The van der Waals surface area contributed by atoms with Crippen molar-refractivity contribution in [2.75, 3.05) is 5.32 Å². The molecule has 0 radical (unpaired) electrons. The van der Waals surface area contributed by atoms with Gasteiger partial charge in [0, 0.05) is 18.9 Å². The van der Waals surface area contributed by atoms with E-state index in [1.54, 1.807) is 0 Å². The highest BCUT2D eigenvalue weighted by Gasteiger charge is 2.11. The maximum Gasteiger partial charge on any atom is 0.224 e. The molecular weight excluding hydrogens is 296 g/mol. The van der Waals surface area contributed by atoms with E-state index in [1.807, 2.05) is 0 Å². The predicted molar refractivity (Wildman–Crippen MR) is 62.6 cm³/mol. The first kappa shape index (κ1) is 13.8. The van der Waals surface area contributed by atoms with Crippen molar-refractivity contribution in [1.82, 2.24) is 0 Å². The van der Waals surface area contributed by atoms with Crippen molar-refractivity contribution in [2.24, 2.45) is 0 Å². The fraction of sp³-hybridized carbons (Fsp3) is 0.273. The Morgan fingerprint density at radius 1 is 1.24 bits per heavy atom. The molecule has 6 heteroatoms. The van der Waals surface area contributed by atoms with E-state index >= 15 is 0 Å². The topological polar surface area (TPSA) is 46.2 Å². The van der Waals surface area contributed by atoms with Gasteiger partial charge >= 0.3 is 0 Å². The van der Waals surface area contributed by atoms with Crippen LogP contribution in [0.3, 0.4) is 0 Å². The normalized spacial score (nSPS) is 10.1. The van der Waals surface area contributed by atoms with Gasteiger partial charge in [-0.3, -0.25) is 4.79 Å². The van der Waals surface area contributed by atoms with E-state index in [1.165, 1.54) is 6.92 Å². The Kier molecular flexibility index (Phi) is 4.74. The lowest BCUT2D eigenvalue weighted by Gasteiger charge is -2.06. The predicted octanol–water partition coefficient (Wildman–Crippen LogP) is 3.04. The van der Waals surface area contributed by atoms with Gasteiger partial charge < -0.3 is 10.1 Å². The monoisotopic (exact) mass is 305 g/mol. The zero-order chi connectivity index (χ0) is 13.0. The van der Waals surface area contributed by atoms with Crippen molar-refractivity contribution < 1.29 is 18.4 Å². The second-order valence-electron chi connectivity index (χ2n) is 3.50. The van der Waals surface area contributed by atoms with E-state index < -0.39 is 17.5 Å². The molecule has 0 bridgehead atoms. The number of carbonyl (C=O) groups is 2. The molecule has 1 aromatic carbocycles. The summed E-state index contributed by atoms with van der Waals surface area (Å²) in [6.45, 7) is 1.35. The van der Waals surface area contributed by atoms with Crippen LogP contribution in [0.4, 0.5) is 14.5 Å². The number of carbonyl (C=O) groups excluding carboxylic acids is 2. The van der Waals surface area contributed by atoms with Gasteiger partial charge in [0.15, 0.2) is 0 Å². The van der Waals surface area contributed by atoms with Crippen LogP contribution >= 0.6 is 15.9 Å². The van der Waals surface area contributed by atoms with Gasteiger partial charge in [0.1, 0.15) is 17.4 Å². The van der Waals surface area contributed by atoms with Gasteiger partial charge in [0.25, 0.3) is 0 Å². The lowest BCUT2D eigenvalue weighted by Crippen LogP contribution is -2.13. The molecular formula is C11H10BrF2NO2. The number of hydrogen-bond acceptors (Lipinski definition) is 2. The van der Waals surface area contributed by atoms with Crippen LogP contribution in [0.2, 0.25) is 0 Å². The first-order chi connectivity index (χ1) is 7.90. The summed E-state index contributed by atoms with van der Waals surface area (Å²) in [5.74, 6) is -2.08. The van der Waals surface area contributed by atoms with Crippen molar-refractivity contribution in [3.05, 3.63) is 28.2 Å². The van der Waals surface area contributed by atoms with Crippen LogP contribution in [0.1, 0.15) is 19.8 Å². The van der Waals surface area contributed by atoms with Gasteiger partial charge in [-0.15, -0.1) is 0 Å². The highest BCUT2D eigenvalue weighted by molar-refractivity contribution is 9.10. The largest absolute Gasteiger partial charge is 0.323 e. The van der Waals surface area contributed by atoms with E-state index in [0.717, 1.165) is 12.1 Å². The van der Waals surface area contributed by atoms with Crippen molar-refractivity contribution in [2.45, 2.75) is 19.8 Å². The number of ketones is 1. The summed E-state index contributed by atoms with van der Waals surface area (Å²) in [6.07, 6.45) is 0.0267. The number of anilines is 1. The molecule has 1 N–H and O–H groups in total. The molecule has 0 spiro atoms. The molecule has 1 amide bonds. The molecule has 0 atom stereocenters. The van der Waals surface area contributed by atoms with Crippen LogP contribution in [0.25, 0.3) is 0 Å². The second kappa shape index (κ2) is 5.86. The first-order valence-corrected chi connectivity index (χ1v) is 5.63. The summed E-state index contributed by atoms with van der Waals surface area (Å²) in [5.41, 5.74) is -0.237. The summed E-state index contributed by atoms with van der Waals surface area (Å²) in [7, 11) is 0. The van der Waals surface area contributed by atoms with Crippen LogP contribution in [0, 0.1) is 11.6 Å². The molecule has 0 aliphatic carbocycles. The van der Waals surface area contributed by atoms with E-state index in [4.69, 9.17) is 0 Å². The van der Waals surface area contributed by atoms with Crippen molar-refractivity contribution in [1.29, 1.82) is 0 Å². The van der Waals surface area contributed by atoms with Gasteiger partial charge in [-0.25, -0.2) is 8.78 Å². The SMILES string of the molecule is CC(=O)CCC(=O)Nc1cc(F)c(Br)cc1F. The standard InChI is InChI=1S/C11H10BrF2NO2/c1-6(16)2-3-11(17)15-10-5-8(13)7(12)4-9(10)14/h4-5H,2-3H2,1H3,(H,15,17). The summed E-state index contributed by atoms with van der Waals surface area (Å²) in [5, 5.41) is 2.21. The first-order valence-electron chi connectivity index (χ1n) is 4.84. The molecule has 92 valence electrons. The summed E-state index contributed by atoms with van der Waals surface area (Å²) in [6, 6.07) is 1.81. The lowest BCUT2D eigenvalue weighted by molar-refractivity contribution is -0.121. The fourth-order valence-electron chi connectivity index (χ4n) is 1.12. The van der Waals surface area contributed by atoms with Gasteiger partial charge in [-0.05, 0) is 28.9 Å². The van der Waals surface area contributed by atoms with E-state index in [0.29, 0.717) is 0 Å². The highest BCUT2D eigenvalue weighted by atomic mass is 79.9. The van der Waals surface area contributed by atoms with Gasteiger partial charge in [0.05, 0.1) is 10.2 Å². The Morgan fingerprint density at radius 3 is 2.47 bits per heavy atom. The highest BCUT2D eigenvalue weighted by Crippen LogP contribution is 2.23. The second-order valence-corrected chi connectivity index (χ2v) is 4.35. The van der Waals surface area contributed by atoms with E-state index in [9.17, 15) is 18.4 Å². The average molecular weight is 306 g/mol. The minimum atomic E-state index is -0.741. The van der Waals surface area contributed by atoms with Crippen LogP contribution in [0.15, 0.2) is 16.6 Å². The van der Waals surface area contributed by atoms with Crippen LogP contribution < -0.4 is 5.32 Å². The van der Waals surface area contributed by atoms with Gasteiger partial charge in [-0.2, -0.15) is 0 Å². The molecule has 0 unspecified atom stereocenters. The Labute approximate surface area is 105 Å². The smallest absolute Gasteiger partial charge is 0.224 e. The summed E-state index contributed by atoms with van der Waals surface area (Å²) >= 11 is 2.82. The molecule has 0 saturated carbocycles. The van der Waals surface area contributed by atoms with Crippen molar-refractivity contribution >= 4 is 33.3 Å². The number of nitrogens with one attached hydrogen (secondary N) is 1. The molecule has 0 aliphatic rings. The number of rotatable bonds is 4. The van der Waals surface area contributed by atoms with Crippen molar-refractivity contribution in [3.8, 4) is 0 Å². The molecule has 3 nitrogen and oxygen atoms in total. The van der Waals surface area contributed by atoms with Crippen LogP contribution in [-0.2, 0) is 9.59 Å². The van der Waals surface area contributed by atoms with E-state index in [2.05, 4.69) is 21.2 Å². The number of hydrogen-bond donors (Lipinski definition) is 1. The molecule has 0 aromatic heterocycles. The van der Waals surface area contributed by atoms with E-state index in [-0.39, 0.29) is 28.8 Å². The zero-order valence-corrected chi connectivity index (χ0v) is 10.6. The van der Waals surface area contributed by atoms with Gasteiger partial charge in [-0.1, -0.05) is 0 Å². The summed E-state index contributed by atoms with van der Waals surface area (Å²) < 4.78 is 26.4. The van der Waals surface area contributed by atoms with Crippen molar-refractivity contribution in [3.63, 3.8) is 0 Å². The third-order valence-corrected chi connectivity index (χ3v) is 2.60. The molecule has 17 heavy (non-hydrogen) atoms. The van der Waals surface area contributed by atoms with Gasteiger partial charge in [0.2, 0.25) is 5.91 Å². The number of benzene rings is 1. The molecule has 1 rings (SSSR count). The minimum absolute atomic E-state index is 0.0169. The molecule has 0 saturated heterocycles. The number of halogens is 3. The number of Topliss-reactive ketones (excluding diaryl/α,β-unsaturated/α-hetero) is 1. The maximum absolute atomic E-state index is 13.3. The molecule has 0 aliphatic heterocycles. The Hall–Kier alpha value is -1.30. The maximum atomic E-state index is 13.3. The third kappa shape index (κ3) is 4.22. The Morgan fingerprint density at radius 2 is 1.88 bits per heavy atom. The van der Waals surface area contributed by atoms with Crippen LogP contribution in [0.5, 0.6) is 0 Å². The molecule has 0 heterocycles.